The summed E-state index contributed by atoms with van der Waals surface area (Å²) in [4.78, 5) is 0. The quantitative estimate of drug-likeness (QED) is 0.507. The predicted molar refractivity (Wildman–Crippen MR) is 119 cm³/mol. The Morgan fingerprint density at radius 3 is 2.27 bits per heavy atom. The summed E-state index contributed by atoms with van der Waals surface area (Å²) in [6.07, 6.45) is 19.6. The van der Waals surface area contributed by atoms with Gasteiger partial charge in [0.25, 0.3) is 0 Å². The first kappa shape index (κ1) is 19.8. The van der Waals surface area contributed by atoms with Crippen molar-refractivity contribution in [2.75, 3.05) is 0 Å². The molecule has 0 aromatic carbocycles. The minimum Gasteiger partial charge on any atom is -0.425 e. The van der Waals surface area contributed by atoms with Crippen molar-refractivity contribution in [2.24, 2.45) is 40.9 Å². The standard InChI is InChI=1S/C27H42N2O/c1-27(2)23-13-6-5-11-20(23)21-15-14-18(16-24(21)27)25-28-29-26(30-25)22-12-7-9-17-8-3-4-10-19(17)22/h17-24H,3-16H2,1-2H3. The molecule has 0 radical (unpaired) electrons. The van der Waals surface area contributed by atoms with Crippen LogP contribution in [0.1, 0.15) is 127 Å². The Kier molecular flexibility index (Phi) is 5.03. The average molecular weight is 411 g/mol. The summed E-state index contributed by atoms with van der Waals surface area (Å²) in [6.45, 7) is 5.18. The van der Waals surface area contributed by atoms with Crippen LogP contribution < -0.4 is 0 Å². The SMILES string of the molecule is CC1(C)C2CCCCC2C2CCC(c3nnc(C4CCCC5CCCCC54)o3)CC21. The van der Waals surface area contributed by atoms with Crippen molar-refractivity contribution >= 4 is 0 Å². The molecular weight excluding hydrogens is 368 g/mol. The number of rotatable bonds is 2. The number of nitrogens with zero attached hydrogens (tertiary/aromatic N) is 2. The fraction of sp³-hybridized carbons (Fsp3) is 0.926. The van der Waals surface area contributed by atoms with Gasteiger partial charge in [0.05, 0.1) is 0 Å². The molecule has 0 amide bonds. The summed E-state index contributed by atoms with van der Waals surface area (Å²) >= 11 is 0. The zero-order valence-electron chi connectivity index (χ0n) is 19.3. The van der Waals surface area contributed by atoms with E-state index in [1.807, 2.05) is 0 Å². The van der Waals surface area contributed by atoms with Gasteiger partial charge in [-0.25, -0.2) is 0 Å². The van der Waals surface area contributed by atoms with Gasteiger partial charge in [0.15, 0.2) is 0 Å². The van der Waals surface area contributed by atoms with Crippen molar-refractivity contribution in [3.8, 4) is 0 Å². The lowest BCUT2D eigenvalue weighted by Crippen LogP contribution is -2.31. The fourth-order valence-corrected chi connectivity index (χ4v) is 9.46. The van der Waals surface area contributed by atoms with E-state index in [-0.39, 0.29) is 0 Å². The van der Waals surface area contributed by atoms with E-state index in [9.17, 15) is 0 Å². The van der Waals surface area contributed by atoms with E-state index < -0.39 is 0 Å². The van der Waals surface area contributed by atoms with Crippen LogP contribution >= 0.6 is 0 Å². The molecule has 5 aliphatic carbocycles. The Hall–Kier alpha value is -0.860. The molecule has 3 nitrogen and oxygen atoms in total. The summed E-state index contributed by atoms with van der Waals surface area (Å²) in [5.74, 6) is 8.58. The molecule has 1 aromatic rings. The van der Waals surface area contributed by atoms with Gasteiger partial charge in [0.1, 0.15) is 0 Å². The molecule has 5 aliphatic rings. The van der Waals surface area contributed by atoms with Crippen LogP contribution in [0.5, 0.6) is 0 Å². The van der Waals surface area contributed by atoms with Crippen molar-refractivity contribution in [1.29, 1.82) is 0 Å². The molecule has 0 bridgehead atoms. The highest BCUT2D eigenvalue weighted by atomic mass is 16.4. The van der Waals surface area contributed by atoms with Crippen molar-refractivity contribution in [1.82, 2.24) is 10.2 Å². The van der Waals surface area contributed by atoms with E-state index in [0.717, 1.165) is 47.3 Å². The maximum Gasteiger partial charge on any atom is 0.219 e. The maximum atomic E-state index is 6.52. The Labute approximate surface area is 183 Å². The zero-order chi connectivity index (χ0) is 20.3. The third-order valence-electron chi connectivity index (χ3n) is 10.9. The zero-order valence-corrected chi connectivity index (χ0v) is 19.3. The first-order valence-corrected chi connectivity index (χ1v) is 13.5. The van der Waals surface area contributed by atoms with Gasteiger partial charge in [-0.15, -0.1) is 10.2 Å². The fourth-order valence-electron chi connectivity index (χ4n) is 9.46. The molecule has 8 unspecified atom stereocenters. The van der Waals surface area contributed by atoms with E-state index in [1.165, 1.54) is 89.9 Å². The van der Waals surface area contributed by atoms with Crippen molar-refractivity contribution in [3.63, 3.8) is 0 Å². The second kappa shape index (κ2) is 7.62. The Morgan fingerprint density at radius 2 is 1.37 bits per heavy atom. The van der Waals surface area contributed by atoms with Gasteiger partial charge in [0.2, 0.25) is 11.8 Å². The summed E-state index contributed by atoms with van der Waals surface area (Å²) in [6, 6.07) is 0. The second-order valence-electron chi connectivity index (χ2n) is 12.4. The van der Waals surface area contributed by atoms with E-state index in [1.54, 1.807) is 0 Å². The number of hydrogen-bond acceptors (Lipinski definition) is 3. The second-order valence-corrected chi connectivity index (χ2v) is 12.4. The van der Waals surface area contributed by atoms with Gasteiger partial charge in [0, 0.05) is 11.8 Å². The molecule has 0 aliphatic heterocycles. The summed E-state index contributed by atoms with van der Waals surface area (Å²) < 4.78 is 6.52. The molecule has 166 valence electrons. The number of fused-ring (bicyclic) bond motifs is 4. The molecule has 3 heteroatoms. The number of hydrogen-bond donors (Lipinski definition) is 0. The van der Waals surface area contributed by atoms with Crippen LogP contribution in [0.4, 0.5) is 0 Å². The molecule has 30 heavy (non-hydrogen) atoms. The lowest BCUT2D eigenvalue weighted by atomic mass is 9.65. The topological polar surface area (TPSA) is 38.9 Å². The van der Waals surface area contributed by atoms with Crippen LogP contribution in [0.25, 0.3) is 0 Å². The Morgan fingerprint density at radius 1 is 0.667 bits per heavy atom. The third kappa shape index (κ3) is 3.12. The number of aromatic nitrogens is 2. The van der Waals surface area contributed by atoms with Gasteiger partial charge in [-0.1, -0.05) is 58.8 Å². The van der Waals surface area contributed by atoms with E-state index >= 15 is 0 Å². The summed E-state index contributed by atoms with van der Waals surface area (Å²) in [5.41, 5.74) is 0.496. The normalized spacial score (nSPS) is 45.4. The van der Waals surface area contributed by atoms with Gasteiger partial charge < -0.3 is 4.42 Å². The first-order valence-electron chi connectivity index (χ1n) is 13.5. The van der Waals surface area contributed by atoms with E-state index in [4.69, 9.17) is 4.42 Å². The van der Waals surface area contributed by atoms with E-state index in [0.29, 0.717) is 17.3 Å². The van der Waals surface area contributed by atoms with Gasteiger partial charge in [-0.3, -0.25) is 0 Å². The van der Waals surface area contributed by atoms with Crippen LogP contribution in [-0.4, -0.2) is 10.2 Å². The van der Waals surface area contributed by atoms with Gasteiger partial charge in [-0.2, -0.15) is 0 Å². The molecule has 8 atom stereocenters. The van der Waals surface area contributed by atoms with Crippen molar-refractivity contribution < 1.29 is 4.42 Å². The lowest BCUT2D eigenvalue weighted by molar-refractivity contribution is 0.109. The monoisotopic (exact) mass is 410 g/mol. The van der Waals surface area contributed by atoms with Gasteiger partial charge >= 0.3 is 0 Å². The highest BCUT2D eigenvalue weighted by molar-refractivity contribution is 5.09. The Balaban J connectivity index is 1.20. The molecular formula is C27H42N2O. The van der Waals surface area contributed by atoms with Crippen LogP contribution in [-0.2, 0) is 0 Å². The van der Waals surface area contributed by atoms with Crippen molar-refractivity contribution in [3.05, 3.63) is 11.8 Å². The van der Waals surface area contributed by atoms with Crippen molar-refractivity contribution in [2.45, 2.75) is 116 Å². The van der Waals surface area contributed by atoms with Crippen LogP contribution in [0.2, 0.25) is 0 Å². The molecule has 0 spiro atoms. The lowest BCUT2D eigenvalue weighted by Gasteiger charge is -2.40. The Bertz CT molecular complexity index is 752. The van der Waals surface area contributed by atoms with Crippen LogP contribution in [0.3, 0.4) is 0 Å². The third-order valence-corrected chi connectivity index (χ3v) is 10.9. The summed E-state index contributed by atoms with van der Waals surface area (Å²) in [7, 11) is 0. The van der Waals surface area contributed by atoms with E-state index in [2.05, 4.69) is 24.0 Å². The smallest absolute Gasteiger partial charge is 0.219 e. The van der Waals surface area contributed by atoms with Crippen LogP contribution in [0.15, 0.2) is 4.42 Å². The molecule has 6 rings (SSSR count). The maximum absolute atomic E-state index is 6.52. The van der Waals surface area contributed by atoms with Gasteiger partial charge in [-0.05, 0) is 85.9 Å². The first-order chi connectivity index (χ1) is 14.6. The minimum absolute atomic E-state index is 0.496. The molecule has 0 N–H and O–H groups in total. The molecule has 1 heterocycles. The molecule has 0 saturated heterocycles. The molecule has 5 saturated carbocycles. The highest BCUT2D eigenvalue weighted by Gasteiger charge is 2.56. The molecule has 5 fully saturated rings. The molecule has 1 aromatic heterocycles. The largest absolute Gasteiger partial charge is 0.425 e. The minimum atomic E-state index is 0.496. The summed E-state index contributed by atoms with van der Waals surface area (Å²) in [5, 5.41) is 9.37. The van der Waals surface area contributed by atoms with Crippen LogP contribution in [0, 0.1) is 40.9 Å². The predicted octanol–water partition coefficient (Wildman–Crippen LogP) is 7.49. The average Bonchev–Trinajstić information content (AvgIpc) is 3.36. The highest BCUT2D eigenvalue weighted by Crippen LogP contribution is 2.64.